The maximum absolute atomic E-state index is 15.1. The van der Waals surface area contributed by atoms with Crippen LogP contribution in [-0.4, -0.2) is 274 Å². The number of nitrogens with one attached hydrogen (secondary N) is 15. The number of aromatic nitrogens is 1. The Morgan fingerprint density at radius 2 is 0.784 bits per heavy atom. The van der Waals surface area contributed by atoms with E-state index >= 15 is 9.59 Å². The van der Waals surface area contributed by atoms with Crippen molar-refractivity contribution in [3.8, 4) is 0 Å². The summed E-state index contributed by atoms with van der Waals surface area (Å²) in [6, 6.07) is -0.357. The smallest absolute Gasteiger partial charge is 0.243 e. The molecule has 37 nitrogen and oxygen atoms in total. The van der Waals surface area contributed by atoms with Gasteiger partial charge in [-0.15, -0.1) is 0 Å². The second-order valence-electron chi connectivity index (χ2n) is 39.6. The van der Waals surface area contributed by atoms with Gasteiger partial charge in [-0.2, -0.15) is 0 Å². The van der Waals surface area contributed by atoms with Gasteiger partial charge in [-0.25, -0.2) is 0 Å². The Labute approximate surface area is 808 Å². The average molecular weight is 1930 g/mol. The second-order valence-corrected chi connectivity index (χ2v) is 39.6. The third kappa shape index (κ3) is 47.1. The molecule has 26 N–H and O–H groups in total. The molecule has 762 valence electrons. The summed E-state index contributed by atoms with van der Waals surface area (Å²) in [5.74, 6) is -11.8. The molecule has 134 heavy (non-hydrogen) atoms. The number of aliphatic hydroxyl groups excluding tert-OH is 1. The number of nitrogens with zero attached hydrogens (tertiary/aromatic N) is 2. The van der Waals surface area contributed by atoms with Crippen LogP contribution in [0.3, 0.4) is 0 Å². The van der Waals surface area contributed by atoms with Crippen molar-refractivity contribution in [2.45, 2.75) is 316 Å². The van der Waals surface area contributed by atoms with Crippen molar-refractivity contribution in [1.82, 2.24) is 79.4 Å². The van der Waals surface area contributed by atoms with Gasteiger partial charge in [0.25, 0.3) is 0 Å². The summed E-state index contributed by atoms with van der Waals surface area (Å²) in [5, 5.41) is 52.1. The van der Waals surface area contributed by atoms with Crippen LogP contribution in [0.15, 0.2) is 60.8 Å². The fourth-order valence-corrected chi connectivity index (χ4v) is 15.3. The molecule has 2 aromatic carbocycles. The van der Waals surface area contributed by atoms with Gasteiger partial charge in [-0.1, -0.05) is 138 Å². The largest absolute Gasteiger partial charge is 1.00 e. The number of amides is 14. The number of hydrogen-bond acceptors (Lipinski definition) is 20. The number of halogens is 2. The quantitative estimate of drug-likeness (QED) is 0.0144. The first kappa shape index (κ1) is 123. The van der Waals surface area contributed by atoms with Gasteiger partial charge in [0.15, 0.2) is 0 Å². The Balaban J connectivity index is 0.0000449. The van der Waals surface area contributed by atoms with Gasteiger partial charge in [0.05, 0.1) is 80.0 Å². The number of H-pyrrole nitrogens is 1. The lowest BCUT2D eigenvalue weighted by molar-refractivity contribution is -0.870. The summed E-state index contributed by atoms with van der Waals surface area (Å²) in [7, 11) is 12.3. The number of hydrogen-bond donors (Lipinski definition) is 21. The van der Waals surface area contributed by atoms with Crippen molar-refractivity contribution < 1.29 is 106 Å². The molecular weight excluding hydrogens is 1760 g/mol. The monoisotopic (exact) mass is 1930 g/mol. The number of carbonyl (C=O) groups is 14. The van der Waals surface area contributed by atoms with E-state index in [9.17, 15) is 62.6 Å². The van der Waals surface area contributed by atoms with Gasteiger partial charge >= 0.3 is 0 Å². The van der Waals surface area contributed by atoms with Gasteiger partial charge in [-0.3, -0.25) is 72.4 Å². The molecule has 0 bridgehead atoms. The highest BCUT2D eigenvalue weighted by atomic mass is 35.5. The van der Waals surface area contributed by atoms with Crippen molar-refractivity contribution in [3.63, 3.8) is 0 Å². The zero-order valence-corrected chi connectivity index (χ0v) is 84.7. The molecule has 1 heterocycles. The molecule has 0 aliphatic rings. The molecule has 1 unspecified atom stereocenters. The summed E-state index contributed by atoms with van der Waals surface area (Å²) in [5.41, 5.74) is 32.2. The van der Waals surface area contributed by atoms with E-state index in [2.05, 4.69) is 101 Å². The minimum atomic E-state index is -1.57. The fourth-order valence-electron chi connectivity index (χ4n) is 15.3. The average Bonchev–Trinajstić information content (AvgIpc) is 1.67. The lowest BCUT2D eigenvalue weighted by Gasteiger charge is -2.33. The molecular formula is C95H168Cl2N22O15. The third-order valence-electron chi connectivity index (χ3n) is 23.2. The van der Waals surface area contributed by atoms with E-state index in [0.29, 0.717) is 80.7 Å². The van der Waals surface area contributed by atoms with Crippen LogP contribution in [0.4, 0.5) is 0 Å². The number of nitrogens with two attached hydrogens (primary N) is 5. The van der Waals surface area contributed by atoms with Crippen molar-refractivity contribution in [1.29, 1.82) is 0 Å². The van der Waals surface area contributed by atoms with Crippen molar-refractivity contribution in [2.75, 3.05) is 81.6 Å². The summed E-state index contributed by atoms with van der Waals surface area (Å²) in [4.78, 5) is 204. The van der Waals surface area contributed by atoms with E-state index in [1.807, 2.05) is 87.0 Å². The highest BCUT2D eigenvalue weighted by Gasteiger charge is 2.40. The summed E-state index contributed by atoms with van der Waals surface area (Å²) < 4.78 is 1.39. The standard InChI is InChI=1S/C95H166N22O15.2ClH/c1-20-62(12)81(93(130)102-56-78(118)103-63(13)83(120)113-79(60(8)9)95(132)112-75(52-59(6)7)89(126)107-72(44-30-35-49-117(17,18)19)87(124)114-80(61(10)11)94(131)108-73(82(100)119)50-57(2)3)115-88(125)71(43-28-33-47-98)104-85(122)69(41-26-31-45-96)105-91(128)76(53-64-36-22-21-23-37-64)111-90(127)74(51-58(4)5)110-86(123)70(42-27-32-46-97)106-92(129)77(54-65-55-101-68-40-25-24-38-66(65)68)109-84(121)67(99)39-29-34-48-116(14,15)16;;/h21-25,36-38,40,55,57-63,67,69-77,79-81,95,101,112,132H,20,26-35,39,41-54,56,96-99H2,1-19H3,(H13-2,100,102,103,104,105,106,107,108,109,110,111,113,114,115,118,119,120,121,122,123,124,125,126,127,128,129,130,131);2*1H/t62-,63-,67-,69-,70-,71-,72-,73-,74-,75-,76-,77-,79-,80-,81-,95?;;/m0../s1. The van der Waals surface area contributed by atoms with Crippen LogP contribution in [0.1, 0.15) is 223 Å². The topological polar surface area (TPSA) is 574 Å². The molecule has 1 aromatic heterocycles. The first-order valence-corrected chi connectivity index (χ1v) is 47.7. The highest BCUT2D eigenvalue weighted by molar-refractivity contribution is 6.00. The number of quaternary nitrogens is 2. The minimum Gasteiger partial charge on any atom is -1.00 e. The van der Waals surface area contributed by atoms with E-state index in [4.69, 9.17) is 28.7 Å². The number of benzene rings is 2. The Kier molecular flexibility index (Phi) is 58.0. The van der Waals surface area contributed by atoms with Crippen LogP contribution in [0.5, 0.6) is 0 Å². The van der Waals surface area contributed by atoms with E-state index in [-0.39, 0.29) is 120 Å². The second kappa shape index (κ2) is 63.3. The van der Waals surface area contributed by atoms with Crippen LogP contribution in [0.2, 0.25) is 0 Å². The molecule has 0 aliphatic heterocycles. The Morgan fingerprint density at radius 3 is 1.24 bits per heavy atom. The van der Waals surface area contributed by atoms with Gasteiger partial charge in [-0.05, 0) is 195 Å². The van der Waals surface area contributed by atoms with Crippen molar-refractivity contribution in [2.24, 2.45) is 64.2 Å². The van der Waals surface area contributed by atoms with Gasteiger partial charge in [0, 0.05) is 29.9 Å². The molecule has 39 heteroatoms. The number of unbranched alkanes of at least 4 members (excludes halogenated alkanes) is 5. The Bertz CT molecular complexity index is 4090. The first-order valence-electron chi connectivity index (χ1n) is 47.7. The number of para-hydroxylation sites is 1. The lowest BCUT2D eigenvalue weighted by atomic mass is 9.97. The molecule has 0 spiro atoms. The van der Waals surface area contributed by atoms with Crippen molar-refractivity contribution in [3.05, 3.63) is 71.9 Å². The number of carbonyl (C=O) groups excluding carboxylic acids is 14. The van der Waals surface area contributed by atoms with E-state index in [1.165, 1.54) is 6.92 Å². The van der Waals surface area contributed by atoms with E-state index < -0.39 is 198 Å². The lowest BCUT2D eigenvalue weighted by Crippen LogP contribution is -3.00. The fraction of sp³-hybridized carbons (Fsp3) is 0.705. The molecule has 3 rings (SSSR count). The maximum Gasteiger partial charge on any atom is 0.243 e. The molecule has 0 aliphatic carbocycles. The minimum absolute atomic E-state index is 0. The molecule has 0 fully saturated rings. The van der Waals surface area contributed by atoms with Crippen LogP contribution in [0.25, 0.3) is 10.9 Å². The highest BCUT2D eigenvalue weighted by Crippen LogP contribution is 2.22. The van der Waals surface area contributed by atoms with Crippen LogP contribution < -0.4 is 128 Å². The van der Waals surface area contributed by atoms with Crippen LogP contribution in [0, 0.1) is 35.5 Å². The van der Waals surface area contributed by atoms with E-state index in [1.54, 1.807) is 78.1 Å². The molecule has 14 amide bonds. The van der Waals surface area contributed by atoms with Gasteiger partial charge in [0.2, 0.25) is 82.7 Å². The normalized spacial score (nSPS) is 15.3. The summed E-state index contributed by atoms with van der Waals surface area (Å²) in [6.45, 7) is 24.7. The number of rotatable bonds is 66. The molecule has 16 atom stereocenters. The summed E-state index contributed by atoms with van der Waals surface area (Å²) in [6.07, 6.45) is 6.81. The number of aliphatic hydroxyl groups is 1. The Hall–Kier alpha value is -9.18. The van der Waals surface area contributed by atoms with Crippen LogP contribution in [-0.2, 0) is 80.0 Å². The summed E-state index contributed by atoms with van der Waals surface area (Å²) >= 11 is 0. The number of aromatic amines is 1. The maximum atomic E-state index is 15.1. The molecule has 3 aromatic rings. The zero-order chi connectivity index (χ0) is 99.3. The predicted octanol–water partition coefficient (Wildman–Crippen LogP) is -4.36. The number of primary amides is 1. The van der Waals surface area contributed by atoms with Crippen molar-refractivity contribution >= 4 is 93.6 Å². The number of fused-ring (bicyclic) bond motifs is 1. The van der Waals surface area contributed by atoms with Crippen LogP contribution >= 0.6 is 0 Å². The predicted molar refractivity (Wildman–Crippen MR) is 514 cm³/mol. The SMILES string of the molecule is CC[C@H](C)[C@H](NC(=O)[C@H](CCCCN)NC(=O)[C@H](CCCCN)NC(=O)[C@H](Cc1ccccc1)NC(=O)[C@H](CC(C)C)NC(=O)[C@H](CCCCN)NC(=O)[C@H](Cc1c[nH]c2ccccc12)NC(=O)[C@@H](N)CCCC[N+](C)(C)C)C(=O)NCC(=O)N[C@@H](C)C(=O)N[C@@H](C(C)C)C(O)N[C@@H](CC(C)C)C(=O)N[C@@H](CCCC[N+](C)(C)C)C(=O)N[C@H](C(=O)N[C@@H](CC(C)C)C(N)=O)C(C)C.[Cl-].[Cl-]. The first-order chi connectivity index (χ1) is 62.0. The molecule has 0 saturated heterocycles. The van der Waals surface area contributed by atoms with E-state index in [0.717, 1.165) is 40.5 Å². The van der Waals surface area contributed by atoms with Gasteiger partial charge < -0.3 is 142 Å². The molecule has 0 radical (unpaired) electrons. The van der Waals surface area contributed by atoms with Gasteiger partial charge in [0.1, 0.15) is 72.7 Å². The zero-order valence-electron chi connectivity index (χ0n) is 83.2. The third-order valence-corrected chi connectivity index (χ3v) is 23.2. The molecule has 0 saturated carbocycles. The Morgan fingerprint density at radius 1 is 0.396 bits per heavy atom.